The molecule has 0 aliphatic rings. The number of aromatic amines is 1. The number of H-pyrrole nitrogens is 1. The number of nitrogens with one attached hydrogen (secondary N) is 3. The van der Waals surface area contributed by atoms with E-state index in [-0.39, 0.29) is 11.5 Å². The van der Waals surface area contributed by atoms with Crippen molar-refractivity contribution in [3.05, 3.63) is 40.1 Å². The number of hydrogen-bond donors (Lipinski definition) is 3. The van der Waals surface area contributed by atoms with Gasteiger partial charge in [0.15, 0.2) is 0 Å². The molecular weight excluding hydrogens is 357 g/mol. The molecule has 0 saturated heterocycles. The molecule has 0 atom stereocenters. The average molecular weight is 382 g/mol. The Hall–Kier alpha value is -1.72. The second-order valence-corrected chi connectivity index (χ2v) is 8.26. The van der Waals surface area contributed by atoms with Crippen LogP contribution < -0.4 is 10.6 Å². The van der Waals surface area contributed by atoms with Crippen molar-refractivity contribution < 1.29 is 0 Å². The average Bonchev–Trinajstić information content (AvgIpc) is 2.87. The van der Waals surface area contributed by atoms with E-state index in [1.165, 1.54) is 0 Å². The van der Waals surface area contributed by atoms with Crippen LogP contribution >= 0.6 is 23.2 Å². The van der Waals surface area contributed by atoms with Crippen molar-refractivity contribution in [2.24, 2.45) is 10.4 Å². The molecule has 25 heavy (non-hydrogen) atoms. The predicted molar refractivity (Wildman–Crippen MR) is 108 cm³/mol. The first-order chi connectivity index (χ1) is 11.6. The van der Waals surface area contributed by atoms with E-state index in [0.717, 1.165) is 17.8 Å². The summed E-state index contributed by atoms with van der Waals surface area (Å²) in [5.41, 5.74) is 2.06. The van der Waals surface area contributed by atoms with Gasteiger partial charge in [-0.25, -0.2) is 9.98 Å². The SMILES string of the molecule is CC(C)N=C(Nc1ccc(Cl)c(Cl)c1)Nc1ncc(CC(C)(C)C)[nH]1. The molecule has 2 aromatic rings. The van der Waals surface area contributed by atoms with Gasteiger partial charge in [-0.3, -0.25) is 5.32 Å². The Labute approximate surface area is 159 Å². The number of hydrogen-bond acceptors (Lipinski definition) is 2. The maximum absolute atomic E-state index is 6.08. The van der Waals surface area contributed by atoms with Gasteiger partial charge in [-0.1, -0.05) is 44.0 Å². The number of benzene rings is 1. The van der Waals surface area contributed by atoms with Crippen molar-refractivity contribution in [1.82, 2.24) is 9.97 Å². The topological polar surface area (TPSA) is 65.1 Å². The lowest BCUT2D eigenvalue weighted by atomic mass is 9.91. The molecule has 0 unspecified atom stereocenters. The van der Waals surface area contributed by atoms with Crippen LogP contribution in [0.1, 0.15) is 40.3 Å². The molecule has 5 nitrogen and oxygen atoms in total. The Morgan fingerprint density at radius 2 is 1.92 bits per heavy atom. The van der Waals surface area contributed by atoms with Gasteiger partial charge in [-0.05, 0) is 43.9 Å². The first-order valence-corrected chi connectivity index (χ1v) is 8.99. The molecule has 3 N–H and O–H groups in total. The minimum absolute atomic E-state index is 0.113. The van der Waals surface area contributed by atoms with Crippen LogP contribution in [-0.2, 0) is 6.42 Å². The lowest BCUT2D eigenvalue weighted by Gasteiger charge is -2.16. The number of imidazole rings is 1. The van der Waals surface area contributed by atoms with Crippen molar-refractivity contribution in [3.8, 4) is 0 Å². The first-order valence-electron chi connectivity index (χ1n) is 8.23. The predicted octanol–water partition coefficient (Wildman–Crippen LogP) is 5.59. The monoisotopic (exact) mass is 381 g/mol. The smallest absolute Gasteiger partial charge is 0.207 e. The zero-order chi connectivity index (χ0) is 18.6. The Balaban J connectivity index is 2.14. The molecule has 0 saturated carbocycles. The minimum Gasteiger partial charge on any atom is -0.328 e. The van der Waals surface area contributed by atoms with Crippen LogP contribution in [0.2, 0.25) is 10.0 Å². The molecule has 0 amide bonds. The highest BCUT2D eigenvalue weighted by molar-refractivity contribution is 6.42. The third-order valence-electron chi connectivity index (χ3n) is 3.16. The highest BCUT2D eigenvalue weighted by atomic mass is 35.5. The van der Waals surface area contributed by atoms with E-state index in [9.17, 15) is 0 Å². The molecule has 0 spiro atoms. The van der Waals surface area contributed by atoms with E-state index >= 15 is 0 Å². The third-order valence-corrected chi connectivity index (χ3v) is 3.89. The fourth-order valence-electron chi connectivity index (χ4n) is 2.26. The number of anilines is 2. The summed E-state index contributed by atoms with van der Waals surface area (Å²) in [6.45, 7) is 10.6. The minimum atomic E-state index is 0.113. The van der Waals surface area contributed by atoms with Gasteiger partial charge < -0.3 is 10.3 Å². The van der Waals surface area contributed by atoms with E-state index in [1.807, 2.05) is 26.1 Å². The lowest BCUT2D eigenvalue weighted by Crippen LogP contribution is -2.24. The molecule has 0 aliphatic heterocycles. The van der Waals surface area contributed by atoms with Crippen molar-refractivity contribution in [3.63, 3.8) is 0 Å². The summed E-state index contributed by atoms with van der Waals surface area (Å²) in [4.78, 5) is 12.2. The molecule has 2 rings (SSSR count). The second-order valence-electron chi connectivity index (χ2n) is 7.44. The number of rotatable bonds is 4. The Kier molecular flexibility index (Phi) is 6.36. The third kappa shape index (κ3) is 6.59. The van der Waals surface area contributed by atoms with Gasteiger partial charge in [0, 0.05) is 17.4 Å². The van der Waals surface area contributed by atoms with Gasteiger partial charge in [0.25, 0.3) is 0 Å². The van der Waals surface area contributed by atoms with Crippen LogP contribution in [0.15, 0.2) is 29.4 Å². The van der Waals surface area contributed by atoms with Gasteiger partial charge in [0.2, 0.25) is 11.9 Å². The molecule has 136 valence electrons. The zero-order valence-electron chi connectivity index (χ0n) is 15.2. The molecule has 1 heterocycles. The van der Waals surface area contributed by atoms with Gasteiger partial charge in [-0.2, -0.15) is 0 Å². The number of aromatic nitrogens is 2. The Bertz CT molecular complexity index is 744. The van der Waals surface area contributed by atoms with E-state index < -0.39 is 0 Å². The highest BCUT2D eigenvalue weighted by Gasteiger charge is 2.14. The van der Waals surface area contributed by atoms with E-state index in [4.69, 9.17) is 23.2 Å². The summed E-state index contributed by atoms with van der Waals surface area (Å²) < 4.78 is 0. The van der Waals surface area contributed by atoms with Crippen molar-refractivity contribution in [1.29, 1.82) is 0 Å². The summed E-state index contributed by atoms with van der Waals surface area (Å²) in [5.74, 6) is 1.23. The molecule has 7 heteroatoms. The maximum Gasteiger partial charge on any atom is 0.207 e. The van der Waals surface area contributed by atoms with Crippen molar-refractivity contribution in [2.75, 3.05) is 10.6 Å². The zero-order valence-corrected chi connectivity index (χ0v) is 16.8. The molecular formula is C18H25Cl2N5. The number of guanidine groups is 1. The largest absolute Gasteiger partial charge is 0.328 e. The maximum atomic E-state index is 6.08. The second kappa shape index (κ2) is 8.11. The molecule has 1 aromatic carbocycles. The van der Waals surface area contributed by atoms with Crippen molar-refractivity contribution >= 4 is 40.8 Å². The van der Waals surface area contributed by atoms with Crippen LogP contribution in [0.4, 0.5) is 11.6 Å². The first kappa shape index (κ1) is 19.6. The Morgan fingerprint density at radius 3 is 2.52 bits per heavy atom. The van der Waals surface area contributed by atoms with Crippen LogP contribution in [-0.4, -0.2) is 22.0 Å². The van der Waals surface area contributed by atoms with E-state index in [2.05, 4.69) is 46.4 Å². The van der Waals surface area contributed by atoms with E-state index in [1.54, 1.807) is 12.1 Å². The van der Waals surface area contributed by atoms with E-state index in [0.29, 0.717) is 22.0 Å². The normalized spacial score (nSPS) is 12.6. The molecule has 0 fully saturated rings. The van der Waals surface area contributed by atoms with Gasteiger partial charge in [-0.15, -0.1) is 0 Å². The summed E-state index contributed by atoms with van der Waals surface area (Å²) in [6.07, 6.45) is 2.76. The quantitative estimate of drug-likeness (QED) is 0.477. The highest BCUT2D eigenvalue weighted by Crippen LogP contribution is 2.25. The molecule has 1 aromatic heterocycles. The van der Waals surface area contributed by atoms with Crippen LogP contribution in [0.25, 0.3) is 0 Å². The number of nitrogens with zero attached hydrogens (tertiary/aromatic N) is 2. The standard InChI is InChI=1S/C18H25Cl2N5/c1-11(2)22-17(23-12-6-7-14(19)15(20)8-12)25-16-21-10-13(24-16)9-18(3,4)5/h6-8,10-11H,9H2,1-5H3,(H3,21,22,23,24,25). The number of halogens is 2. The molecule has 0 aliphatic carbocycles. The molecule has 0 radical (unpaired) electrons. The summed E-state index contributed by atoms with van der Waals surface area (Å²) in [5, 5.41) is 7.42. The fourth-order valence-corrected chi connectivity index (χ4v) is 2.56. The van der Waals surface area contributed by atoms with Gasteiger partial charge >= 0.3 is 0 Å². The molecule has 0 bridgehead atoms. The lowest BCUT2D eigenvalue weighted by molar-refractivity contribution is 0.407. The van der Waals surface area contributed by atoms with Crippen LogP contribution in [0.3, 0.4) is 0 Å². The van der Waals surface area contributed by atoms with Crippen LogP contribution in [0, 0.1) is 5.41 Å². The van der Waals surface area contributed by atoms with Gasteiger partial charge in [0.1, 0.15) is 0 Å². The van der Waals surface area contributed by atoms with Crippen LogP contribution in [0.5, 0.6) is 0 Å². The summed E-state index contributed by atoms with van der Waals surface area (Å²) >= 11 is 12.0. The van der Waals surface area contributed by atoms with Crippen molar-refractivity contribution in [2.45, 2.75) is 47.1 Å². The summed E-state index contributed by atoms with van der Waals surface area (Å²) in [7, 11) is 0. The fraction of sp³-hybridized carbons (Fsp3) is 0.444. The summed E-state index contributed by atoms with van der Waals surface area (Å²) in [6, 6.07) is 5.46. The number of aliphatic imine (C=N–C) groups is 1. The van der Waals surface area contributed by atoms with Gasteiger partial charge in [0.05, 0.1) is 16.2 Å². The Morgan fingerprint density at radius 1 is 1.20 bits per heavy atom.